The van der Waals surface area contributed by atoms with Crippen LogP contribution in [0.5, 0.6) is 17.2 Å². The average molecular weight is 485 g/mol. The third-order valence-electron chi connectivity index (χ3n) is 6.21. The number of rotatable bonds is 6. The summed E-state index contributed by atoms with van der Waals surface area (Å²) in [5.74, 6) is 1.74. The lowest BCUT2D eigenvalue weighted by Gasteiger charge is -2.32. The summed E-state index contributed by atoms with van der Waals surface area (Å²) in [6.45, 7) is 4.98. The summed E-state index contributed by atoms with van der Waals surface area (Å²) in [5, 5.41) is 18.4. The van der Waals surface area contributed by atoms with Crippen LogP contribution in [0.1, 0.15) is 19.4 Å². The number of amides is 3. The Morgan fingerprint density at radius 3 is 2.51 bits per heavy atom. The molecule has 3 atom stereocenters. The average Bonchev–Trinajstić information content (AvgIpc) is 3.31. The van der Waals surface area contributed by atoms with Gasteiger partial charge >= 0.3 is 6.03 Å². The van der Waals surface area contributed by atoms with E-state index in [-0.39, 0.29) is 43.8 Å². The summed E-state index contributed by atoms with van der Waals surface area (Å²) in [7, 11) is 1.86. The second-order valence-electron chi connectivity index (χ2n) is 8.92. The number of nitrogens with one attached hydrogen (secondary N) is 3. The van der Waals surface area contributed by atoms with Crippen molar-refractivity contribution in [1.29, 1.82) is 0 Å². The Morgan fingerprint density at radius 1 is 1.11 bits per heavy atom. The van der Waals surface area contributed by atoms with Crippen molar-refractivity contribution in [2.24, 2.45) is 5.92 Å². The first-order chi connectivity index (χ1) is 16.9. The molecular formula is C25H32N4O6. The van der Waals surface area contributed by atoms with Crippen molar-refractivity contribution in [2.45, 2.75) is 32.4 Å². The van der Waals surface area contributed by atoms with E-state index in [1.54, 1.807) is 41.3 Å². The minimum atomic E-state index is -0.434. The molecule has 0 spiro atoms. The molecule has 0 saturated heterocycles. The minimum absolute atomic E-state index is 0.0385. The van der Waals surface area contributed by atoms with E-state index in [0.717, 1.165) is 0 Å². The Balaban J connectivity index is 1.53. The fourth-order valence-corrected chi connectivity index (χ4v) is 4.22. The number of aliphatic hydroxyl groups excluding tert-OH is 1. The zero-order valence-electron chi connectivity index (χ0n) is 20.2. The number of aliphatic hydroxyl groups is 1. The van der Waals surface area contributed by atoms with Crippen molar-refractivity contribution in [3.8, 4) is 17.2 Å². The van der Waals surface area contributed by atoms with Crippen molar-refractivity contribution < 1.29 is 28.9 Å². The molecule has 0 saturated carbocycles. The highest BCUT2D eigenvalue weighted by Crippen LogP contribution is 2.34. The predicted molar refractivity (Wildman–Crippen MR) is 131 cm³/mol. The van der Waals surface area contributed by atoms with Crippen LogP contribution in [0.4, 0.5) is 16.2 Å². The van der Waals surface area contributed by atoms with E-state index in [1.165, 1.54) is 0 Å². The lowest BCUT2D eigenvalue weighted by Crippen LogP contribution is -2.47. The van der Waals surface area contributed by atoms with Gasteiger partial charge in [0.1, 0.15) is 11.9 Å². The SMILES string of the molecule is CNC[C@@H]1Oc2ccc(NC(=O)Nc3ccc4c(c3)OCO4)cc2CC(=O)N([C@@H](C)CO)C[C@@H]1C. The van der Waals surface area contributed by atoms with Crippen LogP contribution in [-0.2, 0) is 11.2 Å². The Labute approximate surface area is 204 Å². The molecule has 2 aromatic carbocycles. The van der Waals surface area contributed by atoms with E-state index in [2.05, 4.69) is 16.0 Å². The van der Waals surface area contributed by atoms with E-state index in [4.69, 9.17) is 14.2 Å². The first-order valence-corrected chi connectivity index (χ1v) is 11.7. The maximum absolute atomic E-state index is 13.2. The van der Waals surface area contributed by atoms with Crippen LogP contribution in [0.3, 0.4) is 0 Å². The Hall–Kier alpha value is -3.50. The zero-order valence-corrected chi connectivity index (χ0v) is 20.2. The van der Waals surface area contributed by atoms with Gasteiger partial charge in [-0.15, -0.1) is 0 Å². The van der Waals surface area contributed by atoms with E-state index < -0.39 is 6.03 Å². The van der Waals surface area contributed by atoms with Gasteiger partial charge in [0.25, 0.3) is 0 Å². The monoisotopic (exact) mass is 484 g/mol. The van der Waals surface area contributed by atoms with E-state index in [9.17, 15) is 14.7 Å². The number of likely N-dealkylation sites (N-methyl/N-ethyl adjacent to an activating group) is 1. The van der Waals surface area contributed by atoms with Gasteiger partial charge in [-0.2, -0.15) is 0 Å². The van der Waals surface area contributed by atoms with Gasteiger partial charge in [-0.25, -0.2) is 4.79 Å². The van der Waals surface area contributed by atoms with Crippen LogP contribution in [0, 0.1) is 5.92 Å². The summed E-state index contributed by atoms with van der Waals surface area (Å²) < 4.78 is 17.0. The van der Waals surface area contributed by atoms with Crippen LogP contribution in [0.25, 0.3) is 0 Å². The van der Waals surface area contributed by atoms with Crippen molar-refractivity contribution in [2.75, 3.05) is 44.2 Å². The van der Waals surface area contributed by atoms with Crippen molar-refractivity contribution in [3.63, 3.8) is 0 Å². The third-order valence-corrected chi connectivity index (χ3v) is 6.21. The topological polar surface area (TPSA) is 121 Å². The number of anilines is 2. The standard InChI is InChI=1S/C25H32N4O6/c1-15-12-29(16(2)13-30)24(31)9-17-8-18(4-6-20(17)35-23(15)11-26-3)27-25(32)28-19-5-7-21-22(10-19)34-14-33-21/h4-8,10,15-16,23,26,30H,9,11-14H2,1-3H3,(H2,27,28,32)/t15-,16-,23-/m0/s1. The molecule has 2 aliphatic heterocycles. The van der Waals surface area contributed by atoms with Gasteiger partial charge in [0.15, 0.2) is 11.5 Å². The quantitative estimate of drug-likeness (QED) is 0.497. The second kappa shape index (κ2) is 10.8. The highest BCUT2D eigenvalue weighted by Gasteiger charge is 2.30. The fraction of sp³-hybridized carbons (Fsp3) is 0.440. The van der Waals surface area contributed by atoms with Crippen LogP contribution < -0.4 is 30.2 Å². The number of hydrogen-bond acceptors (Lipinski definition) is 7. The van der Waals surface area contributed by atoms with Gasteiger partial charge in [0.2, 0.25) is 12.7 Å². The first-order valence-electron chi connectivity index (χ1n) is 11.7. The van der Waals surface area contributed by atoms with Crippen molar-refractivity contribution in [1.82, 2.24) is 10.2 Å². The Morgan fingerprint density at radius 2 is 1.80 bits per heavy atom. The van der Waals surface area contributed by atoms with Crippen molar-refractivity contribution >= 4 is 23.3 Å². The zero-order chi connectivity index (χ0) is 24.9. The molecule has 0 unspecified atom stereocenters. The lowest BCUT2D eigenvalue weighted by molar-refractivity contribution is -0.134. The summed E-state index contributed by atoms with van der Waals surface area (Å²) in [6.07, 6.45) is -0.0796. The normalized spacial score (nSPS) is 20.1. The lowest BCUT2D eigenvalue weighted by atomic mass is 10.0. The fourth-order valence-electron chi connectivity index (χ4n) is 4.22. The molecule has 0 fully saturated rings. The number of urea groups is 1. The molecule has 0 aliphatic carbocycles. The van der Waals surface area contributed by atoms with Crippen LogP contribution in [0.2, 0.25) is 0 Å². The number of carbonyl (C=O) groups excluding carboxylic acids is 2. The second-order valence-corrected chi connectivity index (χ2v) is 8.92. The molecule has 4 N–H and O–H groups in total. The predicted octanol–water partition coefficient (Wildman–Crippen LogP) is 2.43. The smallest absolute Gasteiger partial charge is 0.323 e. The number of hydrogen-bond donors (Lipinski definition) is 4. The molecule has 10 nitrogen and oxygen atoms in total. The summed E-state index contributed by atoms with van der Waals surface area (Å²) in [6, 6.07) is 9.68. The van der Waals surface area contributed by atoms with Gasteiger partial charge < -0.3 is 40.2 Å². The molecule has 0 bridgehead atoms. The maximum Gasteiger partial charge on any atom is 0.323 e. The molecule has 2 aromatic rings. The number of fused-ring (bicyclic) bond motifs is 2. The van der Waals surface area contributed by atoms with Gasteiger partial charge in [-0.05, 0) is 44.3 Å². The van der Waals surface area contributed by atoms with Crippen molar-refractivity contribution in [3.05, 3.63) is 42.0 Å². The molecule has 2 heterocycles. The van der Waals surface area contributed by atoms with Crippen LogP contribution in [-0.4, -0.2) is 67.6 Å². The number of carbonyl (C=O) groups is 2. The van der Waals surface area contributed by atoms with Crippen LogP contribution in [0.15, 0.2) is 36.4 Å². The van der Waals surface area contributed by atoms with Crippen LogP contribution >= 0.6 is 0 Å². The summed E-state index contributed by atoms with van der Waals surface area (Å²) >= 11 is 0. The largest absolute Gasteiger partial charge is 0.488 e. The molecule has 10 heteroatoms. The molecule has 3 amide bonds. The molecule has 0 radical (unpaired) electrons. The van der Waals surface area contributed by atoms with E-state index in [1.807, 2.05) is 20.9 Å². The maximum atomic E-state index is 13.2. The number of benzene rings is 2. The molecule has 0 aromatic heterocycles. The Bertz CT molecular complexity index is 1080. The van der Waals surface area contributed by atoms with E-state index >= 15 is 0 Å². The van der Waals surface area contributed by atoms with Gasteiger partial charge in [-0.1, -0.05) is 6.92 Å². The first kappa shape index (κ1) is 24.6. The molecule has 4 rings (SSSR count). The van der Waals surface area contributed by atoms with Gasteiger partial charge in [-0.3, -0.25) is 4.79 Å². The highest BCUT2D eigenvalue weighted by molar-refractivity contribution is 6.00. The van der Waals surface area contributed by atoms with Gasteiger partial charge in [0.05, 0.1) is 19.1 Å². The summed E-state index contributed by atoms with van der Waals surface area (Å²) in [5.41, 5.74) is 1.75. The summed E-state index contributed by atoms with van der Waals surface area (Å²) in [4.78, 5) is 27.5. The van der Waals surface area contributed by atoms with Gasteiger partial charge in [0, 0.05) is 42.0 Å². The molecule has 35 heavy (non-hydrogen) atoms. The molecular weight excluding hydrogens is 452 g/mol. The highest BCUT2D eigenvalue weighted by atomic mass is 16.7. The Kier molecular flexibility index (Phi) is 7.62. The number of ether oxygens (including phenoxy) is 3. The molecule has 188 valence electrons. The molecule has 2 aliphatic rings. The van der Waals surface area contributed by atoms with E-state index in [0.29, 0.717) is 47.3 Å². The third kappa shape index (κ3) is 5.77. The number of nitrogens with zero attached hydrogens (tertiary/aromatic N) is 1. The minimum Gasteiger partial charge on any atom is -0.488 e.